The van der Waals surface area contributed by atoms with Crippen LogP contribution in [0.5, 0.6) is 23.0 Å². The number of aryl methyl sites for hydroxylation is 1. The van der Waals surface area contributed by atoms with E-state index in [-0.39, 0.29) is 49.4 Å². The molecule has 0 radical (unpaired) electrons. The number of aromatic nitrogens is 2. The van der Waals surface area contributed by atoms with E-state index >= 15 is 8.78 Å². The Kier molecular flexibility index (Phi) is 12.1. The molecule has 0 unspecified atom stereocenters. The summed E-state index contributed by atoms with van der Waals surface area (Å²) in [4.78, 5) is 60.5. The van der Waals surface area contributed by atoms with Gasteiger partial charge in [-0.3, -0.25) is 44.0 Å². The number of amides is 5. The second-order valence-electron chi connectivity index (χ2n) is 16.8. The molecule has 9 rings (SSSR count). The molecule has 0 spiro atoms. The number of piperazine rings is 1. The topological polar surface area (TPSA) is 166 Å². The van der Waals surface area contributed by atoms with Gasteiger partial charge in [0.25, 0.3) is 17.7 Å². The Morgan fingerprint density at radius 3 is 2.39 bits per heavy atom. The van der Waals surface area contributed by atoms with E-state index in [0.29, 0.717) is 85.9 Å². The van der Waals surface area contributed by atoms with Gasteiger partial charge >= 0.3 is 6.03 Å². The molecule has 18 heteroatoms. The minimum absolute atomic E-state index is 0.129. The minimum Gasteiger partial charge on any atom is -0.493 e. The van der Waals surface area contributed by atoms with Gasteiger partial charge in [-0.15, -0.1) is 0 Å². The van der Waals surface area contributed by atoms with Crippen molar-refractivity contribution in [3.05, 3.63) is 101 Å². The normalized spacial score (nSPS) is 19.5. The van der Waals surface area contributed by atoms with E-state index in [1.54, 1.807) is 71.2 Å². The summed E-state index contributed by atoms with van der Waals surface area (Å²) in [5.74, 6) is -1.80. The van der Waals surface area contributed by atoms with Crippen LogP contribution in [-0.2, 0) is 18.4 Å². The smallest absolute Gasteiger partial charge is 0.329 e. The zero-order valence-electron chi connectivity index (χ0n) is 36.8. The summed E-state index contributed by atoms with van der Waals surface area (Å²) >= 11 is 0. The molecular formula is C48H49F2N9O7. The average Bonchev–Trinajstić information content (AvgIpc) is 3.76. The molecule has 3 fully saturated rings. The number of carbonyl (C=O) groups excluding carboxylic acids is 4. The largest absolute Gasteiger partial charge is 0.493 e. The number of benzene rings is 4. The number of fused-ring (bicyclic) bond motifs is 2. The zero-order chi connectivity index (χ0) is 46.3. The lowest BCUT2D eigenvalue weighted by Crippen LogP contribution is -2.61. The minimum atomic E-state index is -2.97. The first-order valence-electron chi connectivity index (χ1n) is 22.0. The number of imide groups is 2. The first-order chi connectivity index (χ1) is 31.9. The fourth-order valence-electron chi connectivity index (χ4n) is 9.61. The summed E-state index contributed by atoms with van der Waals surface area (Å²) < 4.78 is 51.0. The highest BCUT2D eigenvalue weighted by atomic mass is 19.3. The van der Waals surface area contributed by atoms with Crippen molar-refractivity contribution in [2.75, 3.05) is 69.3 Å². The highest BCUT2D eigenvalue weighted by molar-refractivity contribution is 6.24. The van der Waals surface area contributed by atoms with E-state index in [1.165, 1.54) is 12.0 Å². The Labute approximate surface area is 379 Å². The van der Waals surface area contributed by atoms with Gasteiger partial charge in [0, 0.05) is 70.7 Å². The van der Waals surface area contributed by atoms with Crippen LogP contribution in [-0.4, -0.2) is 120 Å². The zero-order valence-corrected chi connectivity index (χ0v) is 36.8. The van der Waals surface area contributed by atoms with Crippen LogP contribution in [0.2, 0.25) is 0 Å². The van der Waals surface area contributed by atoms with Crippen LogP contribution >= 0.6 is 0 Å². The Morgan fingerprint density at radius 2 is 1.68 bits per heavy atom. The van der Waals surface area contributed by atoms with Crippen molar-refractivity contribution >= 4 is 46.2 Å². The lowest BCUT2D eigenvalue weighted by Gasteiger charge is -2.46. The maximum absolute atomic E-state index is 16.0. The number of rotatable bonds is 13. The molecule has 3 saturated heterocycles. The number of urea groups is 1. The van der Waals surface area contributed by atoms with E-state index in [4.69, 9.17) is 14.2 Å². The van der Waals surface area contributed by atoms with Gasteiger partial charge in [0.15, 0.2) is 17.3 Å². The summed E-state index contributed by atoms with van der Waals surface area (Å²) in [5, 5.41) is 17.4. The van der Waals surface area contributed by atoms with Gasteiger partial charge in [-0.05, 0) is 73.0 Å². The summed E-state index contributed by atoms with van der Waals surface area (Å²) in [7, 11) is 3.28. The second kappa shape index (κ2) is 18.1. The number of hydrogen-bond donors (Lipinski definition) is 1. The number of anilines is 2. The maximum atomic E-state index is 16.0. The number of nitrogens with one attached hydrogen (secondary N) is 1. The first kappa shape index (κ1) is 44.1. The Bertz CT molecular complexity index is 2750. The lowest BCUT2D eigenvalue weighted by molar-refractivity contribution is -0.129. The number of nitriles is 1. The van der Waals surface area contributed by atoms with E-state index in [2.05, 4.69) is 16.5 Å². The molecule has 0 aliphatic carbocycles. The molecule has 342 valence electrons. The molecule has 5 amide bonds. The number of piperidine rings is 1. The van der Waals surface area contributed by atoms with E-state index in [1.807, 2.05) is 41.0 Å². The molecule has 5 aromatic rings. The second-order valence-corrected chi connectivity index (χ2v) is 16.8. The standard InChI is InChI=1S/C48H49F2N9O7/c1-4-65-40-26-31(10-15-39(40)64-3)36(16-19-51)59-45(61)35-6-5-7-37(43(35)46(59)62)56-22-24-57(25-23-56)41-17-20-55(29-48(41,49)50)28-30-8-11-32(12-9-30)66-33-13-14-34-38(27-33)54(2)53-44(34)58-21-18-42(60)52-47(58)63/h5-15,26-27,36,41H,4,16-18,20-25,28-29H2,1-3H3,(H,52,60,63)/t36-,41+/m1/s1. The van der Waals surface area contributed by atoms with Crippen LogP contribution in [0.4, 0.5) is 25.1 Å². The monoisotopic (exact) mass is 901 g/mol. The fourth-order valence-corrected chi connectivity index (χ4v) is 9.61. The third kappa shape index (κ3) is 8.35. The van der Waals surface area contributed by atoms with Gasteiger partial charge < -0.3 is 19.1 Å². The molecule has 66 heavy (non-hydrogen) atoms. The molecule has 1 aromatic heterocycles. The molecule has 16 nitrogen and oxygen atoms in total. The van der Waals surface area contributed by atoms with Gasteiger partial charge in [-0.2, -0.15) is 10.4 Å². The highest BCUT2D eigenvalue weighted by Crippen LogP contribution is 2.41. The van der Waals surface area contributed by atoms with Crippen LogP contribution < -0.4 is 29.3 Å². The predicted octanol–water partition coefficient (Wildman–Crippen LogP) is 6.50. The Hall–Kier alpha value is -7.10. The number of methoxy groups -OCH3 is 1. The molecular weight excluding hydrogens is 853 g/mol. The number of ether oxygens (including phenoxy) is 3. The predicted molar refractivity (Wildman–Crippen MR) is 239 cm³/mol. The molecule has 2 atom stereocenters. The van der Waals surface area contributed by atoms with Gasteiger partial charge in [0.1, 0.15) is 11.5 Å². The van der Waals surface area contributed by atoms with Crippen LogP contribution in [0.25, 0.3) is 10.9 Å². The SMILES string of the molecule is CCOc1cc([C@@H](CC#N)N2C(=O)c3cccc(N4CCN([C@H]5CCN(Cc6ccc(Oc7ccc8c(N9CCC(=O)NC9=O)nn(C)c8c7)cc6)CC5(F)F)CC4)c3C2=O)ccc1OC. The van der Waals surface area contributed by atoms with E-state index < -0.39 is 35.9 Å². The van der Waals surface area contributed by atoms with E-state index in [9.17, 15) is 24.4 Å². The van der Waals surface area contributed by atoms with E-state index in [0.717, 1.165) is 21.4 Å². The third-order valence-corrected chi connectivity index (χ3v) is 12.8. The molecule has 5 heterocycles. The number of halogens is 2. The molecule has 4 aliphatic heterocycles. The van der Waals surface area contributed by atoms with Crippen LogP contribution in [0.15, 0.2) is 78.9 Å². The molecule has 0 saturated carbocycles. The summed E-state index contributed by atoms with van der Waals surface area (Å²) in [6, 6.07) is 22.8. The number of alkyl halides is 2. The lowest BCUT2D eigenvalue weighted by atomic mass is 9.97. The number of carbonyl (C=O) groups is 4. The van der Waals surface area contributed by atoms with Crippen molar-refractivity contribution in [1.29, 1.82) is 5.26 Å². The van der Waals surface area contributed by atoms with Crippen LogP contribution in [0.3, 0.4) is 0 Å². The quantitative estimate of drug-likeness (QED) is 0.128. The van der Waals surface area contributed by atoms with Crippen molar-refractivity contribution in [3.63, 3.8) is 0 Å². The van der Waals surface area contributed by atoms with Crippen molar-refractivity contribution in [2.24, 2.45) is 7.05 Å². The molecule has 4 aliphatic rings. The van der Waals surface area contributed by atoms with Crippen molar-refractivity contribution in [2.45, 2.75) is 50.7 Å². The van der Waals surface area contributed by atoms with Gasteiger partial charge in [-0.25, -0.2) is 13.6 Å². The summed E-state index contributed by atoms with van der Waals surface area (Å²) in [6.45, 7) is 4.36. The number of likely N-dealkylation sites (tertiary alicyclic amines) is 1. The van der Waals surface area contributed by atoms with Crippen LogP contribution in [0, 0.1) is 11.3 Å². The van der Waals surface area contributed by atoms with Gasteiger partial charge in [0.2, 0.25) is 5.91 Å². The Balaban J connectivity index is 0.805. The summed E-state index contributed by atoms with van der Waals surface area (Å²) in [6.07, 6.45) is 0.343. The molecule has 4 aromatic carbocycles. The molecule has 0 bridgehead atoms. The number of hydrogen-bond acceptors (Lipinski definition) is 12. The first-order valence-corrected chi connectivity index (χ1v) is 22.0. The van der Waals surface area contributed by atoms with Crippen molar-refractivity contribution in [1.82, 2.24) is 29.8 Å². The third-order valence-electron chi connectivity index (χ3n) is 12.8. The van der Waals surface area contributed by atoms with Gasteiger partial charge in [-0.1, -0.05) is 24.3 Å². The maximum Gasteiger partial charge on any atom is 0.329 e. The van der Waals surface area contributed by atoms with Crippen molar-refractivity contribution < 1.29 is 42.2 Å². The Morgan fingerprint density at radius 1 is 0.909 bits per heavy atom. The van der Waals surface area contributed by atoms with Crippen LogP contribution in [0.1, 0.15) is 64.1 Å². The highest BCUT2D eigenvalue weighted by Gasteiger charge is 2.48. The fraction of sp³-hybridized carbons (Fsp3) is 0.375. The number of nitrogens with zero attached hydrogens (tertiary/aromatic N) is 8. The van der Waals surface area contributed by atoms with Gasteiger partial charge in [0.05, 0.1) is 67.2 Å². The molecule has 1 N–H and O–H groups in total. The van der Waals surface area contributed by atoms with Crippen molar-refractivity contribution in [3.8, 4) is 29.1 Å². The summed E-state index contributed by atoms with van der Waals surface area (Å²) in [5.41, 5.74) is 3.23. The average molecular weight is 902 g/mol.